The molecule has 0 amide bonds. The predicted molar refractivity (Wildman–Crippen MR) is 53.7 cm³/mol. The lowest BCUT2D eigenvalue weighted by Gasteiger charge is -2.39. The fourth-order valence-electron chi connectivity index (χ4n) is 2.62. The van der Waals surface area contributed by atoms with E-state index in [1.54, 1.807) is 0 Å². The molecule has 13 heavy (non-hydrogen) atoms. The average Bonchev–Trinajstić information content (AvgIpc) is 2.02. The fraction of sp³-hybridized carbons (Fsp3) is 1.00. The van der Waals surface area contributed by atoms with Crippen molar-refractivity contribution in [2.24, 2.45) is 11.8 Å². The highest BCUT2D eigenvalue weighted by molar-refractivity contribution is 4.87. The van der Waals surface area contributed by atoms with Gasteiger partial charge in [-0.15, -0.1) is 0 Å². The molecule has 1 aliphatic carbocycles. The topological polar surface area (TPSA) is 21.3 Å². The average molecular weight is 183 g/mol. The summed E-state index contributed by atoms with van der Waals surface area (Å²) in [5.41, 5.74) is 0. The van der Waals surface area contributed by atoms with Gasteiger partial charge in [0.2, 0.25) is 0 Å². The summed E-state index contributed by atoms with van der Waals surface area (Å²) in [5.74, 6) is 1.80. The molecular formula is C11H21NO. The van der Waals surface area contributed by atoms with Gasteiger partial charge >= 0.3 is 0 Å². The van der Waals surface area contributed by atoms with Gasteiger partial charge in [0.05, 0.1) is 0 Å². The molecule has 0 radical (unpaired) electrons. The van der Waals surface area contributed by atoms with Crippen LogP contribution in [0.4, 0.5) is 0 Å². The Morgan fingerprint density at radius 3 is 2.77 bits per heavy atom. The van der Waals surface area contributed by atoms with E-state index < -0.39 is 0 Å². The highest BCUT2D eigenvalue weighted by Gasteiger charge is 2.31. The molecule has 76 valence electrons. The number of hydrogen-bond donors (Lipinski definition) is 1. The van der Waals surface area contributed by atoms with E-state index in [0.717, 1.165) is 24.5 Å². The van der Waals surface area contributed by atoms with Crippen LogP contribution in [0, 0.1) is 11.8 Å². The van der Waals surface area contributed by atoms with Gasteiger partial charge in [-0.3, -0.25) is 0 Å². The number of rotatable bonds is 3. The van der Waals surface area contributed by atoms with Crippen molar-refractivity contribution in [1.82, 2.24) is 5.32 Å². The number of piperidine rings is 1. The lowest BCUT2D eigenvalue weighted by atomic mass is 9.75. The summed E-state index contributed by atoms with van der Waals surface area (Å²) in [4.78, 5) is 0. The molecule has 1 saturated heterocycles. The molecule has 1 saturated carbocycles. The highest BCUT2D eigenvalue weighted by Crippen LogP contribution is 2.34. The van der Waals surface area contributed by atoms with E-state index >= 15 is 0 Å². The Balaban J connectivity index is 1.77. The Morgan fingerprint density at radius 1 is 1.31 bits per heavy atom. The van der Waals surface area contributed by atoms with Crippen molar-refractivity contribution in [3.05, 3.63) is 0 Å². The Labute approximate surface area is 81.0 Å². The third-order valence-electron chi connectivity index (χ3n) is 3.67. The van der Waals surface area contributed by atoms with E-state index in [9.17, 15) is 0 Å². The van der Waals surface area contributed by atoms with Crippen LogP contribution in [0.25, 0.3) is 0 Å². The summed E-state index contributed by atoms with van der Waals surface area (Å²) in [7, 11) is 1.82. The second-order valence-corrected chi connectivity index (χ2v) is 4.60. The maximum atomic E-state index is 5.23. The Kier molecular flexibility index (Phi) is 3.23. The minimum absolute atomic E-state index is 0.808. The van der Waals surface area contributed by atoms with Gasteiger partial charge in [0, 0.05) is 19.8 Å². The molecule has 2 fully saturated rings. The van der Waals surface area contributed by atoms with Crippen molar-refractivity contribution >= 4 is 0 Å². The molecule has 0 aromatic rings. The second-order valence-electron chi connectivity index (χ2n) is 4.60. The SMILES string of the molecule is COCC1CCNC(C2CCC2)C1. The molecule has 0 spiro atoms. The van der Waals surface area contributed by atoms with E-state index in [4.69, 9.17) is 4.74 Å². The van der Waals surface area contributed by atoms with E-state index in [-0.39, 0.29) is 0 Å². The van der Waals surface area contributed by atoms with Crippen molar-refractivity contribution < 1.29 is 4.74 Å². The molecule has 0 aromatic carbocycles. The normalized spacial score (nSPS) is 35.8. The van der Waals surface area contributed by atoms with Gasteiger partial charge in [0.25, 0.3) is 0 Å². The molecule has 2 rings (SSSR count). The van der Waals surface area contributed by atoms with Crippen LogP contribution in [-0.4, -0.2) is 26.3 Å². The molecule has 2 atom stereocenters. The minimum atomic E-state index is 0.808. The zero-order valence-electron chi connectivity index (χ0n) is 8.59. The maximum Gasteiger partial charge on any atom is 0.0491 e. The smallest absolute Gasteiger partial charge is 0.0491 e. The van der Waals surface area contributed by atoms with Crippen LogP contribution in [0.15, 0.2) is 0 Å². The fourth-order valence-corrected chi connectivity index (χ4v) is 2.62. The monoisotopic (exact) mass is 183 g/mol. The molecule has 0 bridgehead atoms. The van der Waals surface area contributed by atoms with Gasteiger partial charge in [-0.2, -0.15) is 0 Å². The molecule has 2 aliphatic rings. The third kappa shape index (κ3) is 2.23. The van der Waals surface area contributed by atoms with Crippen molar-refractivity contribution in [3.8, 4) is 0 Å². The highest BCUT2D eigenvalue weighted by atomic mass is 16.5. The summed E-state index contributed by atoms with van der Waals surface area (Å²) in [5, 5.41) is 3.65. The van der Waals surface area contributed by atoms with Crippen LogP contribution in [0.1, 0.15) is 32.1 Å². The molecule has 2 heteroatoms. The van der Waals surface area contributed by atoms with Crippen LogP contribution in [0.2, 0.25) is 0 Å². The second kappa shape index (κ2) is 4.43. The van der Waals surface area contributed by atoms with Crippen molar-refractivity contribution in [1.29, 1.82) is 0 Å². The quantitative estimate of drug-likeness (QED) is 0.720. The lowest BCUT2D eigenvalue weighted by molar-refractivity contribution is 0.0988. The summed E-state index contributed by atoms with van der Waals surface area (Å²) in [6.07, 6.45) is 7.02. The predicted octanol–water partition coefficient (Wildman–Crippen LogP) is 1.80. The van der Waals surface area contributed by atoms with Crippen LogP contribution in [-0.2, 0) is 4.74 Å². The number of nitrogens with one attached hydrogen (secondary N) is 1. The summed E-state index contributed by atoms with van der Waals surface area (Å²) in [6, 6.07) is 0.808. The first-order chi connectivity index (χ1) is 6.40. The maximum absolute atomic E-state index is 5.23. The molecule has 1 N–H and O–H groups in total. The Bertz CT molecular complexity index is 154. The molecule has 1 aliphatic heterocycles. The first-order valence-corrected chi connectivity index (χ1v) is 5.62. The van der Waals surface area contributed by atoms with Crippen molar-refractivity contribution in [3.63, 3.8) is 0 Å². The van der Waals surface area contributed by atoms with Crippen LogP contribution >= 0.6 is 0 Å². The van der Waals surface area contributed by atoms with E-state index in [0.29, 0.717) is 0 Å². The van der Waals surface area contributed by atoms with Gasteiger partial charge < -0.3 is 10.1 Å². The van der Waals surface area contributed by atoms with Gasteiger partial charge in [-0.25, -0.2) is 0 Å². The zero-order valence-corrected chi connectivity index (χ0v) is 8.59. The molecular weight excluding hydrogens is 162 g/mol. The number of hydrogen-bond acceptors (Lipinski definition) is 2. The lowest BCUT2D eigenvalue weighted by Crippen LogP contribution is -2.46. The molecule has 2 unspecified atom stereocenters. The Morgan fingerprint density at radius 2 is 2.15 bits per heavy atom. The first-order valence-electron chi connectivity index (χ1n) is 5.62. The van der Waals surface area contributed by atoms with Gasteiger partial charge in [0.1, 0.15) is 0 Å². The summed E-state index contributed by atoms with van der Waals surface area (Å²) in [6.45, 7) is 2.17. The Hall–Kier alpha value is -0.0800. The van der Waals surface area contributed by atoms with E-state index in [2.05, 4.69) is 5.32 Å². The summed E-state index contributed by atoms with van der Waals surface area (Å²) >= 11 is 0. The van der Waals surface area contributed by atoms with Gasteiger partial charge in [-0.1, -0.05) is 6.42 Å². The first kappa shape index (κ1) is 9.47. The molecule has 1 heterocycles. The van der Waals surface area contributed by atoms with Gasteiger partial charge in [-0.05, 0) is 44.1 Å². The van der Waals surface area contributed by atoms with E-state index in [1.165, 1.54) is 38.6 Å². The van der Waals surface area contributed by atoms with Gasteiger partial charge in [0.15, 0.2) is 0 Å². The van der Waals surface area contributed by atoms with Crippen LogP contribution in [0.3, 0.4) is 0 Å². The van der Waals surface area contributed by atoms with E-state index in [1.807, 2.05) is 7.11 Å². The molecule has 0 aromatic heterocycles. The largest absolute Gasteiger partial charge is 0.384 e. The van der Waals surface area contributed by atoms with Crippen LogP contribution in [0.5, 0.6) is 0 Å². The zero-order chi connectivity index (χ0) is 9.10. The van der Waals surface area contributed by atoms with Crippen LogP contribution < -0.4 is 5.32 Å². The third-order valence-corrected chi connectivity index (χ3v) is 3.67. The summed E-state index contributed by atoms with van der Waals surface area (Å²) < 4.78 is 5.23. The number of ether oxygens (including phenoxy) is 1. The van der Waals surface area contributed by atoms with Crippen molar-refractivity contribution in [2.75, 3.05) is 20.3 Å². The minimum Gasteiger partial charge on any atom is -0.384 e. The molecule has 2 nitrogen and oxygen atoms in total. The standard InChI is InChI=1S/C11H21NO/c1-13-8-9-5-6-12-11(7-9)10-3-2-4-10/h9-12H,2-8H2,1H3. The number of methoxy groups -OCH3 is 1. The van der Waals surface area contributed by atoms with Crippen molar-refractivity contribution in [2.45, 2.75) is 38.1 Å².